The van der Waals surface area contributed by atoms with Crippen LogP contribution in [-0.4, -0.2) is 139 Å². The van der Waals surface area contributed by atoms with Gasteiger partial charge in [0.15, 0.2) is 0 Å². The Kier molecular flexibility index (Phi) is 13.0. The number of anilines is 3. The molecule has 19 heteroatoms. The Labute approximate surface area is 387 Å². The lowest BCUT2D eigenvalue weighted by molar-refractivity contribution is -0.149. The highest BCUT2D eigenvalue weighted by Gasteiger charge is 2.41. The van der Waals surface area contributed by atoms with Crippen LogP contribution in [0.25, 0.3) is 16.6 Å². The van der Waals surface area contributed by atoms with Gasteiger partial charge >= 0.3 is 23.9 Å². The number of ether oxygens (including phenoxy) is 3. The normalized spacial score (nSPS) is 17.2. The van der Waals surface area contributed by atoms with Crippen molar-refractivity contribution in [1.82, 2.24) is 34.6 Å². The van der Waals surface area contributed by atoms with Gasteiger partial charge in [-0.1, -0.05) is 18.2 Å². The van der Waals surface area contributed by atoms with Gasteiger partial charge in [-0.05, 0) is 131 Å². The highest BCUT2D eigenvalue weighted by Crippen LogP contribution is 2.31. The summed E-state index contributed by atoms with van der Waals surface area (Å²) >= 11 is 0. The molecule has 3 aliphatic rings. The van der Waals surface area contributed by atoms with E-state index in [4.69, 9.17) is 14.2 Å². The number of esters is 1. The maximum absolute atomic E-state index is 14.7. The van der Waals surface area contributed by atoms with Crippen molar-refractivity contribution in [3.8, 4) is 5.69 Å². The summed E-state index contributed by atoms with van der Waals surface area (Å²) in [6.07, 6.45) is 2.44. The van der Waals surface area contributed by atoms with Crippen LogP contribution in [0.5, 0.6) is 0 Å². The molecule has 3 saturated heterocycles. The predicted octanol–water partition coefficient (Wildman–Crippen LogP) is 4.92. The molecule has 0 aliphatic carbocycles. The topological polar surface area (TPSA) is 204 Å². The van der Waals surface area contributed by atoms with Gasteiger partial charge in [-0.15, -0.1) is 5.10 Å². The molecule has 2 aromatic heterocycles. The van der Waals surface area contributed by atoms with Crippen LogP contribution >= 0.6 is 0 Å². The zero-order chi connectivity index (χ0) is 47.8. The van der Waals surface area contributed by atoms with Crippen LogP contribution in [-0.2, 0) is 39.8 Å². The van der Waals surface area contributed by atoms with Crippen LogP contribution in [0.1, 0.15) is 76.0 Å². The molecule has 3 aromatic carbocycles. The van der Waals surface area contributed by atoms with Crippen molar-refractivity contribution in [2.24, 2.45) is 0 Å². The van der Waals surface area contributed by atoms with E-state index in [1.165, 1.54) is 26.9 Å². The first kappa shape index (κ1) is 46.5. The van der Waals surface area contributed by atoms with Crippen LogP contribution in [0.2, 0.25) is 0 Å². The lowest BCUT2D eigenvalue weighted by Gasteiger charge is -2.40. The molecule has 1 N–H and O–H groups in total. The monoisotopic (exact) mass is 916 g/mol. The van der Waals surface area contributed by atoms with Gasteiger partial charge in [0.2, 0.25) is 11.8 Å². The number of tetrazole rings is 1. The SMILES string of the molecule is Cc1ccc(-n2cnnn2)c(N2CCN([C@@H](Cc3ccc(N4CCN(C5CCOCC5)CC4=O)cc3)C(=O)Nc3ccc4c(c3)cc(C(=O)OC(C)(C)C)n4C(=O)OC(C)(C)C)C(=O)C2=O)c1. The number of piperazine rings is 2. The summed E-state index contributed by atoms with van der Waals surface area (Å²) in [7, 11) is 0. The molecule has 0 radical (unpaired) electrons. The fourth-order valence-electron chi connectivity index (χ4n) is 8.70. The molecule has 5 aromatic rings. The Morgan fingerprint density at radius 2 is 1.52 bits per heavy atom. The lowest BCUT2D eigenvalue weighted by atomic mass is 10.0. The Morgan fingerprint density at radius 3 is 2.19 bits per heavy atom. The van der Waals surface area contributed by atoms with Crippen molar-refractivity contribution in [3.05, 3.63) is 89.9 Å². The first-order valence-corrected chi connectivity index (χ1v) is 22.4. The molecule has 5 heterocycles. The molecule has 19 nitrogen and oxygen atoms in total. The second-order valence-corrected chi connectivity index (χ2v) is 19.1. The molecule has 67 heavy (non-hydrogen) atoms. The standard InChI is InChI=1S/C48H56N10O9/c1-30-8-14-37(57-29-49-51-52-57)38(24-30)55-20-21-56(44(62)43(55)61)39(25-31-9-12-35(13-10-31)54-19-18-53(28-41(54)59)34-16-22-65-23-17-34)42(60)50-33-11-15-36-32(26-33)27-40(45(63)66-47(2,3)4)58(36)46(64)67-48(5,6)7/h8-15,24,26-27,29,34,39H,16-23,25,28H2,1-7H3,(H,50,60)/t39-/m0/s1. The molecule has 8 rings (SSSR count). The third kappa shape index (κ3) is 10.4. The average Bonchev–Trinajstić information content (AvgIpc) is 3.95. The van der Waals surface area contributed by atoms with E-state index >= 15 is 0 Å². The summed E-state index contributed by atoms with van der Waals surface area (Å²) in [4.78, 5) is 90.2. The number of rotatable bonds is 10. The van der Waals surface area contributed by atoms with E-state index in [1.54, 1.807) is 76.8 Å². The number of carbonyl (C=O) groups is 6. The maximum Gasteiger partial charge on any atom is 0.419 e. The molecule has 3 aliphatic heterocycles. The largest absolute Gasteiger partial charge is 0.455 e. The van der Waals surface area contributed by atoms with Gasteiger partial charge in [-0.2, -0.15) is 4.68 Å². The van der Waals surface area contributed by atoms with Crippen LogP contribution in [0, 0.1) is 6.92 Å². The van der Waals surface area contributed by atoms with E-state index in [9.17, 15) is 28.8 Å². The van der Waals surface area contributed by atoms with Gasteiger partial charge < -0.3 is 34.2 Å². The Balaban J connectivity index is 1.08. The number of aryl methyl sites for hydroxylation is 1. The number of hydrogen-bond acceptors (Lipinski definition) is 13. The van der Waals surface area contributed by atoms with Crippen molar-refractivity contribution >= 4 is 63.7 Å². The summed E-state index contributed by atoms with van der Waals surface area (Å²) in [6.45, 7) is 15.2. The van der Waals surface area contributed by atoms with Crippen molar-refractivity contribution in [2.75, 3.05) is 61.1 Å². The number of fused-ring (bicyclic) bond motifs is 1. The molecule has 0 saturated carbocycles. The third-order valence-corrected chi connectivity index (χ3v) is 11.8. The molecular formula is C48H56N10O9. The smallest absolute Gasteiger partial charge is 0.419 e. The summed E-state index contributed by atoms with van der Waals surface area (Å²) in [6, 6.07) is 18.1. The zero-order valence-corrected chi connectivity index (χ0v) is 38.9. The van der Waals surface area contributed by atoms with Gasteiger partial charge in [-0.25, -0.2) is 14.2 Å². The van der Waals surface area contributed by atoms with Crippen LogP contribution in [0.15, 0.2) is 73.1 Å². The minimum atomic E-state index is -1.18. The molecule has 0 unspecified atom stereocenters. The molecule has 4 amide bonds. The molecule has 352 valence electrons. The third-order valence-electron chi connectivity index (χ3n) is 11.8. The quantitative estimate of drug-likeness (QED) is 0.146. The zero-order valence-electron chi connectivity index (χ0n) is 38.9. The van der Waals surface area contributed by atoms with Gasteiger partial charge in [0.25, 0.3) is 0 Å². The average molecular weight is 917 g/mol. The molecule has 3 fully saturated rings. The summed E-state index contributed by atoms with van der Waals surface area (Å²) < 4.78 is 19.4. The van der Waals surface area contributed by atoms with E-state index in [-0.39, 0.29) is 31.1 Å². The molecule has 0 spiro atoms. The van der Waals surface area contributed by atoms with Gasteiger partial charge in [0.05, 0.1) is 23.4 Å². The highest BCUT2D eigenvalue weighted by atomic mass is 16.6. The predicted molar refractivity (Wildman–Crippen MR) is 247 cm³/mol. The van der Waals surface area contributed by atoms with Crippen molar-refractivity contribution in [3.63, 3.8) is 0 Å². The van der Waals surface area contributed by atoms with E-state index in [2.05, 4.69) is 25.7 Å². The molecular weight excluding hydrogens is 861 g/mol. The fourth-order valence-corrected chi connectivity index (χ4v) is 8.70. The van der Waals surface area contributed by atoms with Crippen LogP contribution in [0.4, 0.5) is 21.9 Å². The van der Waals surface area contributed by atoms with E-state index in [1.807, 2.05) is 37.3 Å². The van der Waals surface area contributed by atoms with E-state index in [0.29, 0.717) is 65.9 Å². The van der Waals surface area contributed by atoms with E-state index < -0.39 is 47.0 Å². The van der Waals surface area contributed by atoms with Crippen molar-refractivity contribution in [2.45, 2.75) is 91.0 Å². The number of nitrogens with zero attached hydrogens (tertiary/aromatic N) is 9. The Hall–Kier alpha value is -6.99. The first-order valence-electron chi connectivity index (χ1n) is 22.4. The van der Waals surface area contributed by atoms with Crippen LogP contribution in [0.3, 0.4) is 0 Å². The maximum atomic E-state index is 14.7. The summed E-state index contributed by atoms with van der Waals surface area (Å²) in [5.41, 5.74) is 2.01. The van der Waals surface area contributed by atoms with Gasteiger partial charge in [-0.3, -0.25) is 24.1 Å². The number of amides is 4. The molecule has 0 bridgehead atoms. The Bertz CT molecular complexity index is 2700. The first-order chi connectivity index (χ1) is 31.8. The Morgan fingerprint density at radius 1 is 0.806 bits per heavy atom. The lowest BCUT2D eigenvalue weighted by Crippen LogP contribution is -2.60. The number of aromatic nitrogens is 5. The summed E-state index contributed by atoms with van der Waals surface area (Å²) in [5, 5.41) is 14.8. The highest BCUT2D eigenvalue weighted by molar-refractivity contribution is 6.41. The number of nitrogens with one attached hydrogen (secondary N) is 1. The number of benzene rings is 3. The minimum absolute atomic E-state index is 0.00167. The molecule has 1 atom stereocenters. The number of carbonyl (C=O) groups excluding carboxylic acids is 6. The number of hydrogen-bond donors (Lipinski definition) is 1. The second-order valence-electron chi connectivity index (χ2n) is 19.1. The van der Waals surface area contributed by atoms with E-state index in [0.717, 1.165) is 35.2 Å². The van der Waals surface area contributed by atoms with Crippen molar-refractivity contribution in [1.29, 1.82) is 0 Å². The summed E-state index contributed by atoms with van der Waals surface area (Å²) in [5.74, 6) is -3.05. The van der Waals surface area contributed by atoms with Gasteiger partial charge in [0.1, 0.15) is 29.3 Å². The fraction of sp³-hybridized carbons (Fsp3) is 0.438. The minimum Gasteiger partial charge on any atom is -0.455 e. The second kappa shape index (κ2) is 18.7. The van der Waals surface area contributed by atoms with Crippen LogP contribution < -0.4 is 15.1 Å². The van der Waals surface area contributed by atoms with Gasteiger partial charge in [0, 0.05) is 68.6 Å². The van der Waals surface area contributed by atoms with Crippen molar-refractivity contribution < 1.29 is 43.0 Å².